The molecule has 0 bridgehead atoms. The molecule has 0 saturated heterocycles. The van der Waals surface area contributed by atoms with Crippen molar-refractivity contribution >= 4 is 23.2 Å². The predicted octanol–water partition coefficient (Wildman–Crippen LogP) is 2.25. The van der Waals surface area contributed by atoms with Crippen LogP contribution >= 0.6 is 0 Å². The third-order valence-electron chi connectivity index (χ3n) is 2.56. The summed E-state index contributed by atoms with van der Waals surface area (Å²) in [5, 5.41) is 13.4. The van der Waals surface area contributed by atoms with Crippen LogP contribution in [0.3, 0.4) is 0 Å². The van der Waals surface area contributed by atoms with Crippen molar-refractivity contribution in [2.45, 2.75) is 0 Å². The number of phenolic OH excluding ortho intramolecular Hbond substituents is 1. The average molecular weight is 292 g/mol. The summed E-state index contributed by atoms with van der Waals surface area (Å²) in [6.07, 6.45) is 0. The molecule has 108 valence electrons. The number of carbonyl (C=O) groups is 2. The number of benzene rings is 2. The molecule has 0 saturated carbocycles. The van der Waals surface area contributed by atoms with Crippen molar-refractivity contribution < 1.29 is 23.5 Å². The Morgan fingerprint density at radius 3 is 2.05 bits per heavy atom. The fourth-order valence-electron chi connectivity index (χ4n) is 1.55. The van der Waals surface area contributed by atoms with Crippen molar-refractivity contribution in [2.24, 2.45) is 0 Å². The van der Waals surface area contributed by atoms with Crippen LogP contribution in [0.15, 0.2) is 42.5 Å². The molecular weight excluding hydrogens is 282 g/mol. The van der Waals surface area contributed by atoms with Crippen LogP contribution in [0.5, 0.6) is 5.75 Å². The van der Waals surface area contributed by atoms with Crippen LogP contribution in [0.2, 0.25) is 0 Å². The molecule has 0 heterocycles. The summed E-state index contributed by atoms with van der Waals surface area (Å²) in [4.78, 5) is 23.2. The lowest BCUT2D eigenvalue weighted by molar-refractivity contribution is -0.133. The highest BCUT2D eigenvalue weighted by Gasteiger charge is 2.19. The highest BCUT2D eigenvalue weighted by molar-refractivity contribution is 6.43. The maximum atomic E-state index is 13.3. The number of phenols is 1. The number of hydrogen-bond acceptors (Lipinski definition) is 3. The molecule has 5 nitrogen and oxygen atoms in total. The summed E-state index contributed by atoms with van der Waals surface area (Å²) in [5.41, 5.74) is -0.707. The van der Waals surface area contributed by atoms with E-state index in [-0.39, 0.29) is 11.4 Å². The summed E-state index contributed by atoms with van der Waals surface area (Å²) in [5.74, 6) is -4.67. The van der Waals surface area contributed by atoms with Crippen molar-refractivity contribution in [1.29, 1.82) is 0 Å². The number of para-hydroxylation sites is 3. The van der Waals surface area contributed by atoms with E-state index in [4.69, 9.17) is 0 Å². The Labute approximate surface area is 118 Å². The lowest BCUT2D eigenvalue weighted by atomic mass is 10.2. The second-order valence-corrected chi connectivity index (χ2v) is 4.02. The molecule has 0 radical (unpaired) electrons. The van der Waals surface area contributed by atoms with E-state index < -0.39 is 29.1 Å². The van der Waals surface area contributed by atoms with Gasteiger partial charge < -0.3 is 15.7 Å². The van der Waals surface area contributed by atoms with Crippen LogP contribution in [0.1, 0.15) is 0 Å². The highest BCUT2D eigenvalue weighted by atomic mass is 19.1. The molecule has 0 aliphatic rings. The number of hydrogen-bond donors (Lipinski definition) is 3. The van der Waals surface area contributed by atoms with Crippen LogP contribution in [0.4, 0.5) is 20.2 Å². The topological polar surface area (TPSA) is 78.4 Å². The van der Waals surface area contributed by atoms with Crippen molar-refractivity contribution in [2.75, 3.05) is 10.6 Å². The van der Waals surface area contributed by atoms with Crippen LogP contribution in [0.25, 0.3) is 0 Å². The smallest absolute Gasteiger partial charge is 0.314 e. The van der Waals surface area contributed by atoms with Crippen molar-refractivity contribution in [3.63, 3.8) is 0 Å². The Kier molecular flexibility index (Phi) is 4.13. The van der Waals surface area contributed by atoms with Gasteiger partial charge >= 0.3 is 11.8 Å². The lowest BCUT2D eigenvalue weighted by Crippen LogP contribution is -2.29. The Morgan fingerprint density at radius 2 is 1.43 bits per heavy atom. The second kappa shape index (κ2) is 6.00. The first-order chi connectivity index (χ1) is 9.99. The number of halogens is 2. The molecule has 0 aromatic heterocycles. The van der Waals surface area contributed by atoms with Gasteiger partial charge in [0.2, 0.25) is 0 Å². The molecule has 21 heavy (non-hydrogen) atoms. The standard InChI is InChI=1S/C14H10F2N2O3/c15-8-4-3-5-9(16)12(8)18-14(21)13(20)17-10-6-1-2-7-11(10)19/h1-7,19H,(H,17,20)(H,18,21). The quantitative estimate of drug-likeness (QED) is 0.587. The Balaban J connectivity index is 2.10. The molecular formula is C14H10F2N2O3. The Morgan fingerprint density at radius 1 is 0.857 bits per heavy atom. The van der Waals surface area contributed by atoms with Crippen molar-refractivity contribution in [3.8, 4) is 5.75 Å². The van der Waals surface area contributed by atoms with E-state index >= 15 is 0 Å². The van der Waals surface area contributed by atoms with Crippen molar-refractivity contribution in [3.05, 3.63) is 54.1 Å². The first-order valence-corrected chi connectivity index (χ1v) is 5.83. The fourth-order valence-corrected chi connectivity index (χ4v) is 1.55. The largest absolute Gasteiger partial charge is 0.506 e. The third kappa shape index (κ3) is 3.33. The summed E-state index contributed by atoms with van der Waals surface area (Å²) < 4.78 is 26.7. The van der Waals surface area contributed by atoms with E-state index in [1.54, 1.807) is 0 Å². The minimum Gasteiger partial charge on any atom is -0.506 e. The van der Waals surface area contributed by atoms with Gasteiger partial charge in [0.15, 0.2) is 0 Å². The first-order valence-electron chi connectivity index (χ1n) is 5.83. The molecule has 2 rings (SSSR count). The lowest BCUT2D eigenvalue weighted by Gasteiger charge is -2.08. The summed E-state index contributed by atoms with van der Waals surface area (Å²) in [7, 11) is 0. The molecule has 2 aromatic carbocycles. The number of amides is 2. The Hall–Kier alpha value is -2.96. The van der Waals surface area contributed by atoms with E-state index in [9.17, 15) is 23.5 Å². The molecule has 0 aliphatic heterocycles. The van der Waals surface area contributed by atoms with Gasteiger partial charge in [-0.25, -0.2) is 8.78 Å². The zero-order valence-corrected chi connectivity index (χ0v) is 10.6. The normalized spacial score (nSPS) is 10.0. The third-order valence-corrected chi connectivity index (χ3v) is 2.56. The Bertz CT molecular complexity index is 684. The molecule has 2 amide bonds. The van der Waals surface area contributed by atoms with Gasteiger partial charge in [-0.1, -0.05) is 18.2 Å². The summed E-state index contributed by atoms with van der Waals surface area (Å²) in [6.45, 7) is 0. The van der Waals surface area contributed by atoms with E-state index in [1.165, 1.54) is 24.3 Å². The first kappa shape index (κ1) is 14.4. The second-order valence-electron chi connectivity index (χ2n) is 4.02. The number of anilines is 2. The van der Waals surface area contributed by atoms with Crippen LogP contribution < -0.4 is 10.6 Å². The average Bonchev–Trinajstić information content (AvgIpc) is 2.45. The molecule has 3 N–H and O–H groups in total. The molecule has 0 spiro atoms. The minimum atomic E-state index is -1.26. The van der Waals surface area contributed by atoms with Gasteiger partial charge in [-0.15, -0.1) is 0 Å². The number of aromatic hydroxyl groups is 1. The van der Waals surface area contributed by atoms with Gasteiger partial charge in [-0.05, 0) is 24.3 Å². The maximum absolute atomic E-state index is 13.3. The zero-order chi connectivity index (χ0) is 15.4. The van der Waals surface area contributed by atoms with Gasteiger partial charge in [0, 0.05) is 0 Å². The molecule has 7 heteroatoms. The van der Waals surface area contributed by atoms with Crippen LogP contribution in [0, 0.1) is 11.6 Å². The molecule has 0 aliphatic carbocycles. The fraction of sp³-hybridized carbons (Fsp3) is 0. The molecule has 2 aromatic rings. The minimum absolute atomic E-state index is 0.00616. The SMILES string of the molecule is O=C(Nc1ccccc1O)C(=O)Nc1c(F)cccc1F. The van der Waals surface area contributed by atoms with Crippen LogP contribution in [-0.4, -0.2) is 16.9 Å². The number of rotatable bonds is 2. The van der Waals surface area contributed by atoms with Gasteiger partial charge in [0.25, 0.3) is 0 Å². The van der Waals surface area contributed by atoms with Gasteiger partial charge in [-0.3, -0.25) is 9.59 Å². The maximum Gasteiger partial charge on any atom is 0.314 e. The number of carbonyl (C=O) groups excluding carboxylic acids is 2. The zero-order valence-electron chi connectivity index (χ0n) is 10.6. The van der Waals surface area contributed by atoms with Gasteiger partial charge in [0.1, 0.15) is 23.1 Å². The molecule has 0 fully saturated rings. The van der Waals surface area contributed by atoms with E-state index in [2.05, 4.69) is 5.32 Å². The number of nitrogens with one attached hydrogen (secondary N) is 2. The van der Waals surface area contributed by atoms with Crippen LogP contribution in [-0.2, 0) is 9.59 Å². The predicted molar refractivity (Wildman–Crippen MR) is 71.7 cm³/mol. The highest BCUT2D eigenvalue weighted by Crippen LogP contribution is 2.22. The monoisotopic (exact) mass is 292 g/mol. The van der Waals surface area contributed by atoms with E-state index in [1.807, 2.05) is 5.32 Å². The van der Waals surface area contributed by atoms with Gasteiger partial charge in [0.05, 0.1) is 5.69 Å². The van der Waals surface area contributed by atoms with Crippen molar-refractivity contribution in [1.82, 2.24) is 0 Å². The summed E-state index contributed by atoms with van der Waals surface area (Å²) in [6, 6.07) is 8.75. The van der Waals surface area contributed by atoms with Gasteiger partial charge in [-0.2, -0.15) is 0 Å². The summed E-state index contributed by atoms with van der Waals surface area (Å²) >= 11 is 0. The molecule has 0 atom stereocenters. The van der Waals surface area contributed by atoms with E-state index in [0.29, 0.717) is 0 Å². The van der Waals surface area contributed by atoms with E-state index in [0.717, 1.165) is 18.2 Å². The molecule has 0 unspecified atom stereocenters.